The summed E-state index contributed by atoms with van der Waals surface area (Å²) in [5, 5.41) is 3.26. The molecule has 0 aliphatic carbocycles. The molecule has 1 aromatic rings. The number of hydrogen-bond acceptors (Lipinski definition) is 4. The van der Waals surface area contributed by atoms with Crippen LogP contribution >= 0.6 is 11.6 Å². The van der Waals surface area contributed by atoms with E-state index in [-0.39, 0.29) is 10.9 Å². The minimum Gasteiger partial charge on any atom is -0.369 e. The summed E-state index contributed by atoms with van der Waals surface area (Å²) < 4.78 is 26.9. The van der Waals surface area contributed by atoms with E-state index in [1.807, 2.05) is 20.8 Å². The van der Waals surface area contributed by atoms with Gasteiger partial charge >= 0.3 is 0 Å². The lowest BCUT2D eigenvalue weighted by Crippen LogP contribution is -2.33. The molecule has 0 unspecified atom stereocenters. The van der Waals surface area contributed by atoms with Gasteiger partial charge < -0.3 is 5.32 Å². The van der Waals surface area contributed by atoms with E-state index in [1.54, 1.807) is 0 Å². The van der Waals surface area contributed by atoms with Crippen molar-refractivity contribution in [2.45, 2.75) is 44.6 Å². The number of nitrogens with one attached hydrogen (secondary N) is 2. The number of anilines is 1. The van der Waals surface area contributed by atoms with E-state index >= 15 is 0 Å². The van der Waals surface area contributed by atoms with Crippen LogP contribution in [-0.2, 0) is 10.0 Å². The number of halogens is 1. The molecule has 0 radical (unpaired) electrons. The van der Waals surface area contributed by atoms with Crippen LogP contribution in [0.3, 0.4) is 0 Å². The van der Waals surface area contributed by atoms with Crippen LogP contribution in [0.4, 0.5) is 5.82 Å². The van der Waals surface area contributed by atoms with Gasteiger partial charge in [-0.25, -0.2) is 18.1 Å². The van der Waals surface area contributed by atoms with Crippen LogP contribution in [0, 0.1) is 0 Å². The molecular formula is C12H20ClN3O2S. The standard InChI is InChI=1S/C12H20ClN3O2S/c1-4-9(5-2)16-19(17,18)10-7-11(13)12(14-6-3)15-8-10/h7-9,16H,4-6H2,1-3H3,(H,14,15). The molecular weight excluding hydrogens is 286 g/mol. The Morgan fingerprint density at radius 1 is 1.32 bits per heavy atom. The molecule has 0 aliphatic heterocycles. The first-order valence-corrected chi connectivity index (χ1v) is 8.22. The molecule has 0 saturated carbocycles. The zero-order valence-electron chi connectivity index (χ0n) is 11.4. The summed E-state index contributed by atoms with van der Waals surface area (Å²) in [6, 6.07) is 1.34. The third-order valence-corrected chi connectivity index (χ3v) is 4.55. The van der Waals surface area contributed by atoms with E-state index in [1.165, 1.54) is 12.3 Å². The topological polar surface area (TPSA) is 71.1 Å². The third-order valence-electron chi connectivity index (χ3n) is 2.78. The summed E-state index contributed by atoms with van der Waals surface area (Å²) >= 11 is 6.00. The summed E-state index contributed by atoms with van der Waals surface area (Å²) in [6.45, 7) is 6.47. The molecule has 19 heavy (non-hydrogen) atoms. The number of aromatic nitrogens is 1. The molecule has 1 aromatic heterocycles. The highest BCUT2D eigenvalue weighted by Gasteiger charge is 2.19. The summed E-state index contributed by atoms with van der Waals surface area (Å²) in [4.78, 5) is 4.12. The fraction of sp³-hybridized carbons (Fsp3) is 0.583. The highest BCUT2D eigenvalue weighted by Crippen LogP contribution is 2.22. The quantitative estimate of drug-likeness (QED) is 0.812. The van der Waals surface area contributed by atoms with Gasteiger partial charge in [0.1, 0.15) is 10.7 Å². The average Bonchev–Trinajstić information content (AvgIpc) is 2.38. The highest BCUT2D eigenvalue weighted by molar-refractivity contribution is 7.89. The van der Waals surface area contributed by atoms with Gasteiger partial charge in [0.15, 0.2) is 0 Å². The Morgan fingerprint density at radius 2 is 1.95 bits per heavy atom. The lowest BCUT2D eigenvalue weighted by molar-refractivity contribution is 0.530. The van der Waals surface area contributed by atoms with Crippen LogP contribution < -0.4 is 10.0 Å². The van der Waals surface area contributed by atoms with Gasteiger partial charge in [-0.05, 0) is 25.8 Å². The number of sulfonamides is 1. The molecule has 0 atom stereocenters. The lowest BCUT2D eigenvalue weighted by Gasteiger charge is -2.15. The third kappa shape index (κ3) is 4.33. The fourth-order valence-corrected chi connectivity index (χ4v) is 3.28. The van der Waals surface area contributed by atoms with Crippen molar-refractivity contribution in [3.05, 3.63) is 17.3 Å². The highest BCUT2D eigenvalue weighted by atomic mass is 35.5. The molecule has 0 saturated heterocycles. The Balaban J connectivity index is 2.99. The molecule has 0 fully saturated rings. The summed E-state index contributed by atoms with van der Waals surface area (Å²) in [5.74, 6) is 0.491. The Hall–Kier alpha value is -0.850. The molecule has 1 rings (SSSR count). The molecule has 5 nitrogen and oxygen atoms in total. The number of nitrogens with zero attached hydrogens (tertiary/aromatic N) is 1. The first-order chi connectivity index (χ1) is 8.94. The van der Waals surface area contributed by atoms with Crippen LogP contribution in [0.25, 0.3) is 0 Å². The van der Waals surface area contributed by atoms with Crippen molar-refractivity contribution in [1.29, 1.82) is 0 Å². The van der Waals surface area contributed by atoms with Gasteiger partial charge in [-0.3, -0.25) is 0 Å². The van der Waals surface area contributed by atoms with Crippen molar-refractivity contribution in [3.8, 4) is 0 Å². The van der Waals surface area contributed by atoms with Gasteiger partial charge in [-0.15, -0.1) is 0 Å². The van der Waals surface area contributed by atoms with Gasteiger partial charge in [-0.2, -0.15) is 0 Å². The maximum atomic E-state index is 12.2. The van der Waals surface area contributed by atoms with Crippen molar-refractivity contribution in [3.63, 3.8) is 0 Å². The molecule has 108 valence electrons. The van der Waals surface area contributed by atoms with Crippen molar-refractivity contribution in [2.75, 3.05) is 11.9 Å². The predicted molar refractivity (Wildman–Crippen MR) is 78.1 cm³/mol. The Labute approximate surface area is 119 Å². The van der Waals surface area contributed by atoms with E-state index in [4.69, 9.17) is 11.6 Å². The van der Waals surface area contributed by atoms with E-state index in [0.717, 1.165) is 12.8 Å². The van der Waals surface area contributed by atoms with Crippen molar-refractivity contribution < 1.29 is 8.42 Å². The Morgan fingerprint density at radius 3 is 2.42 bits per heavy atom. The van der Waals surface area contributed by atoms with Gasteiger partial charge in [0, 0.05) is 18.8 Å². The Bertz CT molecular complexity index is 516. The van der Waals surface area contributed by atoms with Crippen LogP contribution in [0.1, 0.15) is 33.6 Å². The first kappa shape index (κ1) is 16.2. The van der Waals surface area contributed by atoms with E-state index in [0.29, 0.717) is 17.4 Å². The summed E-state index contributed by atoms with van der Waals surface area (Å²) in [5.41, 5.74) is 0. The molecule has 1 heterocycles. The molecule has 7 heteroatoms. The van der Waals surface area contributed by atoms with Crippen LogP contribution in [-0.4, -0.2) is 26.0 Å². The SMILES string of the molecule is CCNc1ncc(S(=O)(=O)NC(CC)CC)cc1Cl. The van der Waals surface area contributed by atoms with Gasteiger partial charge in [-0.1, -0.05) is 25.4 Å². The van der Waals surface area contributed by atoms with Crippen LogP contribution in [0.5, 0.6) is 0 Å². The predicted octanol–water partition coefficient (Wildman–Crippen LogP) is 2.63. The first-order valence-electron chi connectivity index (χ1n) is 6.36. The van der Waals surface area contributed by atoms with Gasteiger partial charge in [0.2, 0.25) is 10.0 Å². The summed E-state index contributed by atoms with van der Waals surface area (Å²) in [7, 11) is -3.56. The minimum absolute atomic E-state index is 0.0720. The second-order valence-electron chi connectivity index (χ2n) is 4.17. The van der Waals surface area contributed by atoms with Crippen molar-refractivity contribution >= 4 is 27.4 Å². The van der Waals surface area contributed by atoms with Gasteiger partial charge in [0.05, 0.1) is 5.02 Å². The lowest BCUT2D eigenvalue weighted by atomic mass is 10.2. The number of rotatable bonds is 7. The monoisotopic (exact) mass is 305 g/mol. The second kappa shape index (κ2) is 7.07. The maximum Gasteiger partial charge on any atom is 0.242 e. The zero-order valence-corrected chi connectivity index (χ0v) is 13.0. The van der Waals surface area contributed by atoms with Crippen LogP contribution in [0.15, 0.2) is 17.2 Å². The molecule has 0 spiro atoms. The van der Waals surface area contributed by atoms with E-state index in [9.17, 15) is 8.42 Å². The fourth-order valence-electron chi connectivity index (χ4n) is 1.61. The maximum absolute atomic E-state index is 12.2. The number of pyridine rings is 1. The summed E-state index contributed by atoms with van der Waals surface area (Å²) in [6.07, 6.45) is 2.80. The van der Waals surface area contributed by atoms with E-state index in [2.05, 4.69) is 15.0 Å². The second-order valence-corrected chi connectivity index (χ2v) is 6.29. The van der Waals surface area contributed by atoms with Crippen molar-refractivity contribution in [2.24, 2.45) is 0 Å². The Kier molecular flexibility index (Phi) is 6.03. The normalized spacial score (nSPS) is 11.8. The largest absolute Gasteiger partial charge is 0.369 e. The molecule has 2 N–H and O–H groups in total. The average molecular weight is 306 g/mol. The number of hydrogen-bond donors (Lipinski definition) is 2. The smallest absolute Gasteiger partial charge is 0.242 e. The molecule has 0 bridgehead atoms. The minimum atomic E-state index is -3.56. The molecule has 0 aromatic carbocycles. The molecule has 0 amide bonds. The van der Waals surface area contributed by atoms with Crippen molar-refractivity contribution in [1.82, 2.24) is 9.71 Å². The van der Waals surface area contributed by atoms with E-state index < -0.39 is 10.0 Å². The van der Waals surface area contributed by atoms with Gasteiger partial charge in [0.25, 0.3) is 0 Å². The van der Waals surface area contributed by atoms with Crippen LogP contribution in [0.2, 0.25) is 5.02 Å². The molecule has 0 aliphatic rings. The zero-order chi connectivity index (χ0) is 14.5.